The second kappa shape index (κ2) is 12.7. The van der Waals surface area contributed by atoms with E-state index in [9.17, 15) is 9.59 Å². The van der Waals surface area contributed by atoms with Gasteiger partial charge in [-0.3, -0.25) is 9.59 Å². The molecule has 0 spiro atoms. The Bertz CT molecular complexity index is 1330. The first-order valence-electron chi connectivity index (χ1n) is 13.0. The monoisotopic (exact) mass is 554 g/mol. The van der Waals surface area contributed by atoms with Crippen molar-refractivity contribution in [3.8, 4) is 0 Å². The van der Waals surface area contributed by atoms with Crippen LogP contribution in [-0.2, 0) is 24.7 Å². The van der Waals surface area contributed by atoms with Gasteiger partial charge in [0.15, 0.2) is 10.8 Å². The summed E-state index contributed by atoms with van der Waals surface area (Å²) in [6, 6.07) is 30.5. The number of rotatable bonds is 11. The SMILES string of the molecule is CC(CC(=O)OC(C)(C)C)O/N=C(/[C]=O)c1csc(NC(c2ccccc2)(c2ccccc2)c2ccccc2)n1. The van der Waals surface area contributed by atoms with Gasteiger partial charge in [0.2, 0.25) is 0 Å². The van der Waals surface area contributed by atoms with E-state index < -0.39 is 23.2 Å². The quantitative estimate of drug-likeness (QED) is 0.0986. The summed E-state index contributed by atoms with van der Waals surface area (Å²) in [7, 11) is 0. The molecule has 3 aromatic carbocycles. The Balaban J connectivity index is 1.64. The van der Waals surface area contributed by atoms with Crippen molar-refractivity contribution in [3.63, 3.8) is 0 Å². The second-order valence-corrected chi connectivity index (χ2v) is 11.1. The van der Waals surface area contributed by atoms with Gasteiger partial charge in [-0.15, -0.1) is 11.3 Å². The molecule has 4 aromatic rings. The summed E-state index contributed by atoms with van der Waals surface area (Å²) in [5.74, 6) is -0.411. The van der Waals surface area contributed by atoms with Crippen LogP contribution >= 0.6 is 11.3 Å². The van der Waals surface area contributed by atoms with E-state index in [1.54, 1.807) is 33.1 Å². The van der Waals surface area contributed by atoms with Crippen LogP contribution < -0.4 is 5.32 Å². The molecule has 1 atom stereocenters. The normalized spacial score (nSPS) is 12.8. The van der Waals surface area contributed by atoms with E-state index in [4.69, 9.17) is 9.57 Å². The van der Waals surface area contributed by atoms with Crippen molar-refractivity contribution in [2.24, 2.45) is 5.16 Å². The number of hydrogen-bond donors (Lipinski definition) is 1. The van der Waals surface area contributed by atoms with Gasteiger partial charge in [0, 0.05) is 5.38 Å². The lowest BCUT2D eigenvalue weighted by Crippen LogP contribution is -2.38. The van der Waals surface area contributed by atoms with E-state index in [0.717, 1.165) is 16.7 Å². The zero-order chi connectivity index (χ0) is 28.6. The van der Waals surface area contributed by atoms with Crippen LogP contribution in [0.1, 0.15) is 56.5 Å². The van der Waals surface area contributed by atoms with E-state index in [0.29, 0.717) is 10.8 Å². The van der Waals surface area contributed by atoms with Gasteiger partial charge in [-0.25, -0.2) is 4.98 Å². The Morgan fingerprint density at radius 2 is 1.43 bits per heavy atom. The van der Waals surface area contributed by atoms with Crippen molar-refractivity contribution in [1.29, 1.82) is 0 Å². The first kappa shape index (κ1) is 28.7. The highest BCUT2D eigenvalue weighted by Crippen LogP contribution is 2.40. The Morgan fingerprint density at radius 1 is 0.925 bits per heavy atom. The molecular formula is C32H32N3O4S. The standard InChI is InChI=1S/C32H32N3O4S/c1-23(20-29(37)38-31(2,3)4)39-35-27(21-36)28-22-40-30(33-28)34-32(24-14-8-5-9-15-24,25-16-10-6-11-17-25)26-18-12-7-13-19-26/h5-19,22-23H,20H2,1-4H3,(H,33,34)/b35-27-. The van der Waals surface area contributed by atoms with Crippen LogP contribution in [-0.4, -0.2) is 34.7 Å². The fraction of sp³-hybridized carbons (Fsp3) is 0.250. The van der Waals surface area contributed by atoms with E-state index in [1.807, 2.05) is 60.9 Å². The van der Waals surface area contributed by atoms with Crippen LogP contribution in [0, 0.1) is 0 Å². The van der Waals surface area contributed by atoms with E-state index >= 15 is 0 Å². The fourth-order valence-electron chi connectivity index (χ4n) is 4.30. The number of nitrogens with zero attached hydrogens (tertiary/aromatic N) is 2. The van der Waals surface area contributed by atoms with Gasteiger partial charge in [-0.1, -0.05) is 96.2 Å². The van der Waals surface area contributed by atoms with Crippen molar-refractivity contribution in [3.05, 3.63) is 119 Å². The van der Waals surface area contributed by atoms with Crippen LogP contribution in [0.2, 0.25) is 0 Å². The summed E-state index contributed by atoms with van der Waals surface area (Å²) in [6.45, 7) is 7.07. The predicted octanol–water partition coefficient (Wildman–Crippen LogP) is 6.50. The highest BCUT2D eigenvalue weighted by Gasteiger charge is 2.37. The predicted molar refractivity (Wildman–Crippen MR) is 158 cm³/mol. The average Bonchev–Trinajstić information content (AvgIpc) is 3.40. The summed E-state index contributed by atoms with van der Waals surface area (Å²) in [5.41, 5.74) is 1.94. The number of carbonyl (C=O) groups excluding carboxylic acids is 2. The molecule has 1 aromatic heterocycles. The van der Waals surface area contributed by atoms with Gasteiger partial charge in [0.25, 0.3) is 6.29 Å². The Morgan fingerprint density at radius 3 is 1.88 bits per heavy atom. The molecule has 7 nitrogen and oxygen atoms in total. The van der Waals surface area contributed by atoms with Crippen LogP contribution in [0.3, 0.4) is 0 Å². The highest BCUT2D eigenvalue weighted by atomic mass is 32.1. The molecule has 0 aliphatic carbocycles. The van der Waals surface area contributed by atoms with Gasteiger partial charge in [-0.2, -0.15) is 0 Å². The Labute approximate surface area is 238 Å². The van der Waals surface area contributed by atoms with E-state index in [2.05, 4.69) is 51.9 Å². The van der Waals surface area contributed by atoms with Crippen LogP contribution in [0.15, 0.2) is 102 Å². The largest absolute Gasteiger partial charge is 0.460 e. The number of aromatic nitrogens is 1. The van der Waals surface area contributed by atoms with Crippen molar-refractivity contribution in [2.45, 2.75) is 51.4 Å². The minimum absolute atomic E-state index is 0.00940. The molecule has 1 radical (unpaired) electrons. The number of benzene rings is 3. The zero-order valence-corrected chi connectivity index (χ0v) is 23.8. The minimum atomic E-state index is -0.764. The molecule has 0 fully saturated rings. The van der Waals surface area contributed by atoms with Gasteiger partial charge >= 0.3 is 5.97 Å². The molecule has 0 aliphatic heterocycles. The maximum absolute atomic E-state index is 12.1. The van der Waals surface area contributed by atoms with Crippen LogP contribution in [0.25, 0.3) is 0 Å². The lowest BCUT2D eigenvalue weighted by Gasteiger charge is -2.36. The van der Waals surface area contributed by atoms with Gasteiger partial charge in [0.05, 0.1) is 6.42 Å². The number of hydrogen-bond acceptors (Lipinski definition) is 8. The first-order chi connectivity index (χ1) is 19.2. The number of esters is 1. The third-order valence-corrected chi connectivity index (χ3v) is 6.71. The van der Waals surface area contributed by atoms with E-state index in [-0.39, 0.29) is 12.1 Å². The number of thiazole rings is 1. The van der Waals surface area contributed by atoms with Crippen LogP contribution in [0.4, 0.5) is 5.13 Å². The number of ether oxygens (including phenoxy) is 1. The fourth-order valence-corrected chi connectivity index (χ4v) is 5.05. The van der Waals surface area contributed by atoms with Gasteiger partial charge in [-0.05, 0) is 44.4 Å². The average molecular weight is 555 g/mol. The van der Waals surface area contributed by atoms with Crippen molar-refractivity contribution in [1.82, 2.24) is 4.98 Å². The molecule has 1 heterocycles. The number of carbonyl (C=O) groups is 1. The smallest absolute Gasteiger partial charge is 0.310 e. The van der Waals surface area contributed by atoms with Crippen molar-refractivity contribution < 1.29 is 19.2 Å². The molecule has 0 saturated carbocycles. The maximum Gasteiger partial charge on any atom is 0.310 e. The molecule has 205 valence electrons. The molecule has 40 heavy (non-hydrogen) atoms. The zero-order valence-electron chi connectivity index (χ0n) is 23.0. The number of anilines is 1. The number of oxime groups is 1. The molecule has 0 bridgehead atoms. The highest BCUT2D eigenvalue weighted by molar-refractivity contribution is 7.14. The summed E-state index contributed by atoms with van der Waals surface area (Å²) >= 11 is 1.34. The van der Waals surface area contributed by atoms with Crippen molar-refractivity contribution >= 4 is 34.4 Å². The van der Waals surface area contributed by atoms with Gasteiger partial charge in [0.1, 0.15) is 22.9 Å². The second-order valence-electron chi connectivity index (χ2n) is 10.3. The molecule has 1 N–H and O–H groups in total. The molecular weight excluding hydrogens is 522 g/mol. The Hall–Kier alpha value is -4.30. The summed E-state index contributed by atoms with van der Waals surface area (Å²) in [6.07, 6.45) is 1.20. The lowest BCUT2D eigenvalue weighted by atomic mass is 9.77. The molecule has 1 unspecified atom stereocenters. The third kappa shape index (κ3) is 7.01. The van der Waals surface area contributed by atoms with Crippen LogP contribution in [0.5, 0.6) is 0 Å². The lowest BCUT2D eigenvalue weighted by molar-refractivity contribution is -0.157. The topological polar surface area (TPSA) is 89.9 Å². The first-order valence-corrected chi connectivity index (χ1v) is 13.8. The van der Waals surface area contributed by atoms with E-state index in [1.165, 1.54) is 11.3 Å². The molecule has 4 rings (SSSR count). The van der Waals surface area contributed by atoms with Gasteiger partial charge < -0.3 is 14.9 Å². The summed E-state index contributed by atoms with van der Waals surface area (Å²) in [5, 5.41) is 9.92. The minimum Gasteiger partial charge on any atom is -0.460 e. The maximum atomic E-state index is 12.1. The molecule has 8 heteroatoms. The molecule has 0 amide bonds. The molecule has 0 saturated heterocycles. The molecule has 0 aliphatic rings. The summed E-state index contributed by atoms with van der Waals surface area (Å²) < 4.78 is 5.32. The summed E-state index contributed by atoms with van der Waals surface area (Å²) in [4.78, 5) is 34.0. The third-order valence-electron chi connectivity index (χ3n) is 5.96. The number of nitrogens with one attached hydrogen (secondary N) is 1. The van der Waals surface area contributed by atoms with Crippen molar-refractivity contribution in [2.75, 3.05) is 5.32 Å². The Kier molecular flexibility index (Phi) is 9.11.